The van der Waals surface area contributed by atoms with E-state index in [1.807, 2.05) is 12.3 Å². The minimum atomic E-state index is -0.547. The Kier molecular flexibility index (Phi) is 5.77. The van der Waals surface area contributed by atoms with E-state index in [-0.39, 0.29) is 5.56 Å². The molecule has 0 spiro atoms. The van der Waals surface area contributed by atoms with Crippen LogP contribution in [0.5, 0.6) is 5.75 Å². The van der Waals surface area contributed by atoms with E-state index in [0.717, 1.165) is 10.7 Å². The highest BCUT2D eigenvalue weighted by atomic mass is 32.1. The number of carbonyl (C=O) groups is 2. The van der Waals surface area contributed by atoms with Crippen molar-refractivity contribution in [3.63, 3.8) is 0 Å². The summed E-state index contributed by atoms with van der Waals surface area (Å²) >= 11 is 1.54. The molecule has 2 aromatic carbocycles. The lowest BCUT2D eigenvalue weighted by Gasteiger charge is -2.09. The van der Waals surface area contributed by atoms with Crippen molar-refractivity contribution in [3.05, 3.63) is 81.6 Å². The molecule has 0 saturated carbocycles. The van der Waals surface area contributed by atoms with Crippen molar-refractivity contribution in [2.75, 3.05) is 0 Å². The Hall–Kier alpha value is -3.26. The second kappa shape index (κ2) is 8.41. The van der Waals surface area contributed by atoms with Crippen LogP contribution in [0.4, 0.5) is 4.39 Å². The van der Waals surface area contributed by atoms with Gasteiger partial charge in [-0.2, -0.15) is 0 Å². The van der Waals surface area contributed by atoms with Gasteiger partial charge in [-0.1, -0.05) is 6.07 Å². The van der Waals surface area contributed by atoms with Crippen LogP contribution in [0.3, 0.4) is 0 Å². The van der Waals surface area contributed by atoms with Crippen LogP contribution in [-0.2, 0) is 6.61 Å². The maximum absolute atomic E-state index is 12.9. The Morgan fingerprint density at radius 3 is 2.44 bits per heavy atom. The molecule has 6 nitrogen and oxygen atoms in total. The maximum atomic E-state index is 12.9. The summed E-state index contributed by atoms with van der Waals surface area (Å²) in [5, 5.41) is 2.87. The third-order valence-electron chi connectivity index (χ3n) is 3.55. The smallest absolute Gasteiger partial charge is 0.269 e. The number of ether oxygens (including phenoxy) is 1. The Morgan fingerprint density at radius 1 is 1.07 bits per heavy atom. The van der Waals surface area contributed by atoms with Crippen LogP contribution in [0, 0.1) is 12.7 Å². The van der Waals surface area contributed by atoms with Crippen LogP contribution in [0.1, 0.15) is 31.4 Å². The zero-order valence-electron chi connectivity index (χ0n) is 14.4. The quantitative estimate of drug-likeness (QED) is 0.661. The van der Waals surface area contributed by atoms with Gasteiger partial charge in [0.2, 0.25) is 0 Å². The lowest BCUT2D eigenvalue weighted by Crippen LogP contribution is -2.41. The third-order valence-corrected chi connectivity index (χ3v) is 4.37. The molecule has 3 aromatic rings. The fourth-order valence-corrected chi connectivity index (χ4v) is 2.82. The molecular formula is C19H16FN3O3S. The Bertz CT molecular complexity index is 957. The molecule has 0 saturated heterocycles. The Morgan fingerprint density at radius 2 is 1.78 bits per heavy atom. The average molecular weight is 385 g/mol. The molecule has 1 heterocycles. The van der Waals surface area contributed by atoms with Gasteiger partial charge in [0.25, 0.3) is 11.8 Å². The van der Waals surface area contributed by atoms with Gasteiger partial charge in [0.15, 0.2) is 0 Å². The van der Waals surface area contributed by atoms with E-state index in [1.54, 1.807) is 24.3 Å². The van der Waals surface area contributed by atoms with Gasteiger partial charge in [0, 0.05) is 16.5 Å². The fourth-order valence-electron chi connectivity index (χ4n) is 2.22. The first-order valence-electron chi connectivity index (χ1n) is 8.01. The average Bonchev–Trinajstić information content (AvgIpc) is 3.10. The monoisotopic (exact) mass is 385 g/mol. The number of hydrogen-bond donors (Lipinski definition) is 2. The summed E-state index contributed by atoms with van der Waals surface area (Å²) in [7, 11) is 0. The summed E-state index contributed by atoms with van der Waals surface area (Å²) in [6, 6.07) is 11.6. The molecule has 0 unspecified atom stereocenters. The van der Waals surface area contributed by atoms with Crippen molar-refractivity contribution in [1.82, 2.24) is 15.8 Å². The minimum Gasteiger partial charge on any atom is -0.487 e. The topological polar surface area (TPSA) is 80.3 Å². The molecule has 0 aliphatic carbocycles. The zero-order valence-corrected chi connectivity index (χ0v) is 15.2. The lowest BCUT2D eigenvalue weighted by molar-refractivity contribution is 0.0846. The summed E-state index contributed by atoms with van der Waals surface area (Å²) in [4.78, 5) is 28.5. The predicted octanol–water partition coefficient (Wildman–Crippen LogP) is 3.24. The second-order valence-electron chi connectivity index (χ2n) is 5.59. The molecule has 2 amide bonds. The van der Waals surface area contributed by atoms with E-state index in [4.69, 9.17) is 4.74 Å². The van der Waals surface area contributed by atoms with Crippen LogP contribution >= 0.6 is 11.3 Å². The third kappa shape index (κ3) is 5.11. The van der Waals surface area contributed by atoms with Crippen LogP contribution in [0.15, 0.2) is 53.9 Å². The Labute approximate surface area is 159 Å². The molecule has 0 bridgehead atoms. The molecule has 27 heavy (non-hydrogen) atoms. The molecule has 138 valence electrons. The number of halogens is 1. The van der Waals surface area contributed by atoms with Crippen molar-refractivity contribution in [2.24, 2.45) is 0 Å². The number of amides is 2. The van der Waals surface area contributed by atoms with Gasteiger partial charge in [0.05, 0.1) is 10.7 Å². The number of benzene rings is 2. The number of aryl methyl sites for hydroxylation is 1. The van der Waals surface area contributed by atoms with E-state index in [2.05, 4.69) is 15.8 Å². The standard InChI is InChI=1S/C19H16FN3O3S/c1-12-21-16(11-27-12)10-26-17-4-2-3-14(9-17)19(25)23-22-18(24)13-5-7-15(20)8-6-13/h2-9,11H,10H2,1H3,(H,22,24)(H,23,25). The summed E-state index contributed by atoms with van der Waals surface area (Å²) in [5.41, 5.74) is 5.97. The highest BCUT2D eigenvalue weighted by molar-refractivity contribution is 7.09. The molecule has 8 heteroatoms. The molecule has 0 fully saturated rings. The number of rotatable bonds is 5. The highest BCUT2D eigenvalue weighted by Crippen LogP contribution is 2.16. The number of hydrogen-bond acceptors (Lipinski definition) is 5. The van der Waals surface area contributed by atoms with Crippen molar-refractivity contribution in [1.29, 1.82) is 0 Å². The van der Waals surface area contributed by atoms with Crippen LogP contribution in [-0.4, -0.2) is 16.8 Å². The SMILES string of the molecule is Cc1nc(COc2cccc(C(=O)NNC(=O)c3ccc(F)cc3)c2)cs1. The zero-order chi connectivity index (χ0) is 19.2. The number of hydrazine groups is 1. The van der Waals surface area contributed by atoms with E-state index in [1.165, 1.54) is 35.6 Å². The van der Waals surface area contributed by atoms with E-state index in [9.17, 15) is 14.0 Å². The van der Waals surface area contributed by atoms with Gasteiger partial charge in [-0.3, -0.25) is 20.4 Å². The number of nitrogens with one attached hydrogen (secondary N) is 2. The largest absolute Gasteiger partial charge is 0.487 e. The van der Waals surface area contributed by atoms with E-state index < -0.39 is 17.6 Å². The number of carbonyl (C=O) groups excluding carboxylic acids is 2. The molecule has 0 radical (unpaired) electrons. The van der Waals surface area contributed by atoms with Gasteiger partial charge >= 0.3 is 0 Å². The van der Waals surface area contributed by atoms with E-state index >= 15 is 0 Å². The molecule has 2 N–H and O–H groups in total. The van der Waals surface area contributed by atoms with Crippen molar-refractivity contribution < 1.29 is 18.7 Å². The van der Waals surface area contributed by atoms with Crippen LogP contribution in [0.2, 0.25) is 0 Å². The van der Waals surface area contributed by atoms with E-state index in [0.29, 0.717) is 17.9 Å². The van der Waals surface area contributed by atoms with Gasteiger partial charge in [-0.15, -0.1) is 11.3 Å². The van der Waals surface area contributed by atoms with Gasteiger partial charge in [-0.25, -0.2) is 9.37 Å². The summed E-state index contributed by atoms with van der Waals surface area (Å²) in [6.07, 6.45) is 0. The fraction of sp³-hybridized carbons (Fsp3) is 0.105. The first kappa shape index (κ1) is 18.5. The molecule has 0 aliphatic heterocycles. The van der Waals surface area contributed by atoms with Gasteiger partial charge in [0.1, 0.15) is 18.2 Å². The Balaban J connectivity index is 1.56. The summed E-state index contributed by atoms with van der Waals surface area (Å²) in [5.74, 6) is -0.978. The second-order valence-corrected chi connectivity index (χ2v) is 6.65. The molecule has 0 aliphatic rings. The predicted molar refractivity (Wildman–Crippen MR) is 99.0 cm³/mol. The molecule has 1 aromatic heterocycles. The van der Waals surface area contributed by atoms with Crippen LogP contribution in [0.25, 0.3) is 0 Å². The van der Waals surface area contributed by atoms with Gasteiger partial charge < -0.3 is 4.74 Å². The van der Waals surface area contributed by atoms with Crippen molar-refractivity contribution >= 4 is 23.2 Å². The number of aromatic nitrogens is 1. The first-order valence-corrected chi connectivity index (χ1v) is 8.89. The summed E-state index contributed by atoms with van der Waals surface area (Å²) < 4.78 is 18.5. The number of thiazole rings is 1. The van der Waals surface area contributed by atoms with Gasteiger partial charge in [-0.05, 0) is 49.4 Å². The molecule has 3 rings (SSSR count). The van der Waals surface area contributed by atoms with Crippen LogP contribution < -0.4 is 15.6 Å². The summed E-state index contributed by atoms with van der Waals surface area (Å²) in [6.45, 7) is 2.22. The minimum absolute atomic E-state index is 0.229. The maximum Gasteiger partial charge on any atom is 0.269 e. The first-order chi connectivity index (χ1) is 13.0. The van der Waals surface area contributed by atoms with Crippen molar-refractivity contribution in [2.45, 2.75) is 13.5 Å². The normalized spacial score (nSPS) is 10.3. The highest BCUT2D eigenvalue weighted by Gasteiger charge is 2.10. The number of nitrogens with zero attached hydrogens (tertiary/aromatic N) is 1. The van der Waals surface area contributed by atoms with Crippen molar-refractivity contribution in [3.8, 4) is 5.75 Å². The molecule has 0 atom stereocenters. The molecular weight excluding hydrogens is 369 g/mol. The lowest BCUT2D eigenvalue weighted by atomic mass is 10.2.